The summed E-state index contributed by atoms with van der Waals surface area (Å²) in [5, 5.41) is 6.49. The van der Waals surface area contributed by atoms with E-state index in [2.05, 4.69) is 40.1 Å². The molecule has 3 nitrogen and oxygen atoms in total. The molecule has 0 saturated carbocycles. The molecule has 2 rings (SSSR count). The van der Waals surface area contributed by atoms with Crippen LogP contribution in [-0.4, -0.2) is 24.5 Å². The molecule has 0 spiro atoms. The highest BCUT2D eigenvalue weighted by Gasteiger charge is 2.22. The van der Waals surface area contributed by atoms with Crippen molar-refractivity contribution in [2.24, 2.45) is 0 Å². The van der Waals surface area contributed by atoms with Crippen LogP contribution in [0.3, 0.4) is 0 Å². The number of carbonyl (C=O) groups excluding carboxylic acids is 1. The number of piperidine rings is 1. The Labute approximate surface area is 128 Å². The van der Waals surface area contributed by atoms with E-state index in [1.807, 2.05) is 24.3 Å². The average Bonchev–Trinajstić information content (AvgIpc) is 2.32. The molecular weight excluding hydrogens is 363 g/mol. The van der Waals surface area contributed by atoms with E-state index >= 15 is 0 Å². The summed E-state index contributed by atoms with van der Waals surface area (Å²) < 4.78 is 1.09. The summed E-state index contributed by atoms with van der Waals surface area (Å²) in [5.41, 5.74) is 0.745. The second-order valence-corrected chi connectivity index (χ2v) is 5.72. The van der Waals surface area contributed by atoms with Crippen molar-refractivity contribution in [2.45, 2.75) is 31.8 Å². The lowest BCUT2D eigenvalue weighted by Crippen LogP contribution is -2.51. The third-order valence-electron chi connectivity index (χ3n) is 3.17. The largest absolute Gasteiger partial charge is 0.348 e. The molecule has 2 N–H and O–H groups in total. The number of hydrogen-bond acceptors (Lipinski definition) is 2. The zero-order valence-electron chi connectivity index (χ0n) is 10.3. The van der Waals surface area contributed by atoms with Crippen molar-refractivity contribution in [1.29, 1.82) is 0 Å². The number of amides is 1. The SMILES string of the molecule is CC1NCCCC1NC(=O)c1cccc(I)c1.Cl. The smallest absolute Gasteiger partial charge is 0.251 e. The molecule has 1 aliphatic rings. The fourth-order valence-electron chi connectivity index (χ4n) is 2.12. The predicted octanol–water partition coefficient (Wildman–Crippen LogP) is 2.58. The molecule has 2 unspecified atom stereocenters. The molecule has 0 aliphatic carbocycles. The normalized spacial score (nSPS) is 23.0. The molecule has 1 aromatic rings. The van der Waals surface area contributed by atoms with Gasteiger partial charge in [-0.05, 0) is 67.1 Å². The maximum atomic E-state index is 12.1. The van der Waals surface area contributed by atoms with Gasteiger partial charge in [0.1, 0.15) is 0 Å². The Bertz CT molecular complexity index is 414. The molecular formula is C13H18ClIN2O. The van der Waals surface area contributed by atoms with Crippen molar-refractivity contribution in [2.75, 3.05) is 6.54 Å². The molecule has 1 amide bonds. The fraction of sp³-hybridized carbons (Fsp3) is 0.462. The third-order valence-corrected chi connectivity index (χ3v) is 3.84. The van der Waals surface area contributed by atoms with Crippen molar-refractivity contribution in [3.63, 3.8) is 0 Å². The van der Waals surface area contributed by atoms with Gasteiger partial charge in [0.2, 0.25) is 0 Å². The molecule has 0 radical (unpaired) electrons. The molecule has 100 valence electrons. The minimum absolute atomic E-state index is 0. The first kappa shape index (κ1) is 15.7. The first-order valence-electron chi connectivity index (χ1n) is 5.96. The van der Waals surface area contributed by atoms with Crippen molar-refractivity contribution in [1.82, 2.24) is 10.6 Å². The molecule has 1 heterocycles. The Hall–Kier alpha value is -0.330. The highest BCUT2D eigenvalue weighted by molar-refractivity contribution is 14.1. The van der Waals surface area contributed by atoms with Gasteiger partial charge in [0, 0.05) is 21.2 Å². The van der Waals surface area contributed by atoms with Crippen LogP contribution in [-0.2, 0) is 0 Å². The van der Waals surface area contributed by atoms with E-state index in [0.29, 0.717) is 6.04 Å². The van der Waals surface area contributed by atoms with Gasteiger partial charge >= 0.3 is 0 Å². The van der Waals surface area contributed by atoms with Gasteiger partial charge in [-0.25, -0.2) is 0 Å². The zero-order valence-corrected chi connectivity index (χ0v) is 13.3. The van der Waals surface area contributed by atoms with E-state index in [-0.39, 0.29) is 24.4 Å². The van der Waals surface area contributed by atoms with Gasteiger partial charge in [-0.1, -0.05) is 6.07 Å². The summed E-state index contributed by atoms with van der Waals surface area (Å²) in [6, 6.07) is 8.28. The molecule has 1 fully saturated rings. The minimum Gasteiger partial charge on any atom is -0.348 e. The van der Waals surface area contributed by atoms with Crippen LogP contribution in [0.5, 0.6) is 0 Å². The Morgan fingerprint density at radius 1 is 1.50 bits per heavy atom. The predicted molar refractivity (Wildman–Crippen MR) is 84.4 cm³/mol. The molecule has 5 heteroatoms. The number of carbonyl (C=O) groups is 1. The van der Waals surface area contributed by atoms with Crippen molar-refractivity contribution >= 4 is 40.9 Å². The zero-order chi connectivity index (χ0) is 12.3. The number of benzene rings is 1. The van der Waals surface area contributed by atoms with Gasteiger partial charge in [-0.15, -0.1) is 12.4 Å². The van der Waals surface area contributed by atoms with E-state index in [4.69, 9.17) is 0 Å². The average molecular weight is 381 g/mol. The first-order valence-corrected chi connectivity index (χ1v) is 7.04. The standard InChI is InChI=1S/C13H17IN2O.ClH/c1-9-12(6-3-7-15-9)16-13(17)10-4-2-5-11(14)8-10;/h2,4-5,8-9,12,15H,3,6-7H2,1H3,(H,16,17);1H. The molecule has 2 atom stereocenters. The van der Waals surface area contributed by atoms with Gasteiger partial charge < -0.3 is 10.6 Å². The van der Waals surface area contributed by atoms with E-state index < -0.39 is 0 Å². The summed E-state index contributed by atoms with van der Waals surface area (Å²) in [4.78, 5) is 12.1. The van der Waals surface area contributed by atoms with Gasteiger partial charge in [0.15, 0.2) is 0 Å². The summed E-state index contributed by atoms with van der Waals surface area (Å²) in [5.74, 6) is 0.0315. The Morgan fingerprint density at radius 3 is 2.94 bits per heavy atom. The van der Waals surface area contributed by atoms with E-state index in [1.165, 1.54) is 0 Å². The van der Waals surface area contributed by atoms with Crippen LogP contribution in [0, 0.1) is 3.57 Å². The van der Waals surface area contributed by atoms with Crippen LogP contribution in [0.2, 0.25) is 0 Å². The second-order valence-electron chi connectivity index (χ2n) is 4.48. The number of rotatable bonds is 2. The van der Waals surface area contributed by atoms with Gasteiger partial charge in [-0.2, -0.15) is 0 Å². The molecule has 1 saturated heterocycles. The maximum absolute atomic E-state index is 12.1. The number of halogens is 2. The van der Waals surface area contributed by atoms with Crippen LogP contribution in [0.4, 0.5) is 0 Å². The van der Waals surface area contributed by atoms with Gasteiger partial charge in [0.05, 0.1) is 0 Å². The summed E-state index contributed by atoms with van der Waals surface area (Å²) in [6.45, 7) is 3.18. The highest BCUT2D eigenvalue weighted by atomic mass is 127. The minimum atomic E-state index is 0. The molecule has 0 aromatic heterocycles. The quantitative estimate of drug-likeness (QED) is 0.774. The monoisotopic (exact) mass is 380 g/mol. The van der Waals surface area contributed by atoms with E-state index in [9.17, 15) is 4.79 Å². The van der Waals surface area contributed by atoms with Crippen LogP contribution in [0.25, 0.3) is 0 Å². The first-order chi connectivity index (χ1) is 8.16. The summed E-state index contributed by atoms with van der Waals surface area (Å²) in [7, 11) is 0. The number of nitrogens with one attached hydrogen (secondary N) is 2. The molecule has 0 bridgehead atoms. The lowest BCUT2D eigenvalue weighted by Gasteiger charge is -2.30. The highest BCUT2D eigenvalue weighted by Crippen LogP contribution is 2.11. The van der Waals surface area contributed by atoms with Crippen molar-refractivity contribution in [3.05, 3.63) is 33.4 Å². The lowest BCUT2D eigenvalue weighted by atomic mass is 9.99. The molecule has 1 aromatic carbocycles. The Kier molecular flexibility index (Phi) is 6.38. The maximum Gasteiger partial charge on any atom is 0.251 e. The van der Waals surface area contributed by atoms with Crippen LogP contribution in [0.1, 0.15) is 30.1 Å². The lowest BCUT2D eigenvalue weighted by molar-refractivity contribution is 0.0920. The summed E-state index contributed by atoms with van der Waals surface area (Å²) >= 11 is 2.22. The van der Waals surface area contributed by atoms with Crippen molar-refractivity contribution in [3.8, 4) is 0 Å². The van der Waals surface area contributed by atoms with Crippen molar-refractivity contribution < 1.29 is 4.79 Å². The fourth-order valence-corrected chi connectivity index (χ4v) is 2.67. The van der Waals surface area contributed by atoms with E-state index in [1.54, 1.807) is 0 Å². The number of hydrogen-bond donors (Lipinski definition) is 2. The molecule has 18 heavy (non-hydrogen) atoms. The topological polar surface area (TPSA) is 41.1 Å². The van der Waals surface area contributed by atoms with Crippen LogP contribution >= 0.6 is 35.0 Å². The summed E-state index contributed by atoms with van der Waals surface area (Å²) in [6.07, 6.45) is 2.19. The van der Waals surface area contributed by atoms with Gasteiger partial charge in [0.25, 0.3) is 5.91 Å². The van der Waals surface area contributed by atoms with Crippen LogP contribution < -0.4 is 10.6 Å². The molecule has 1 aliphatic heterocycles. The Morgan fingerprint density at radius 2 is 2.28 bits per heavy atom. The van der Waals surface area contributed by atoms with Crippen LogP contribution in [0.15, 0.2) is 24.3 Å². The second kappa shape index (κ2) is 7.31. The van der Waals surface area contributed by atoms with E-state index in [0.717, 1.165) is 28.5 Å². The third kappa shape index (κ3) is 4.10. The van der Waals surface area contributed by atoms with Gasteiger partial charge in [-0.3, -0.25) is 4.79 Å². The Balaban J connectivity index is 0.00000162.